The van der Waals surface area contributed by atoms with E-state index >= 15 is 0 Å². The lowest BCUT2D eigenvalue weighted by atomic mass is 10.0. The number of H-pyrrole nitrogens is 1. The van der Waals surface area contributed by atoms with Gasteiger partial charge >= 0.3 is 5.97 Å². The zero-order valence-electron chi connectivity index (χ0n) is 21.0. The molecule has 0 radical (unpaired) electrons. The zero-order valence-corrected chi connectivity index (χ0v) is 21.0. The van der Waals surface area contributed by atoms with Gasteiger partial charge in [0.2, 0.25) is 23.6 Å². The fourth-order valence-electron chi connectivity index (χ4n) is 3.53. The first-order valence-corrected chi connectivity index (χ1v) is 11.8. The van der Waals surface area contributed by atoms with Crippen LogP contribution < -0.4 is 27.4 Å². The number of carbonyl (C=O) groups excluding carboxylic acids is 4. The van der Waals surface area contributed by atoms with Gasteiger partial charge in [-0.15, -0.1) is 0 Å². The highest BCUT2D eigenvalue weighted by molar-refractivity contribution is 5.96. The van der Waals surface area contributed by atoms with Gasteiger partial charge in [0.25, 0.3) is 0 Å². The molecule has 4 amide bonds. The highest BCUT2D eigenvalue weighted by atomic mass is 16.4. The van der Waals surface area contributed by atoms with E-state index in [1.165, 1.54) is 24.7 Å². The molecule has 206 valence electrons. The predicted octanol–water partition coefficient (Wildman–Crippen LogP) is -1.70. The standard InChI is InChI=1S/C24H33N7O7/c1-12(2)20(24(37)38)31-23(36)17(8-14-10-27-11-28-14)30-22(35)18(9-19(26)33)29-21(34)16(25)7-13-3-5-15(32)6-4-13/h3-6,10-12,16-18,20,32H,7-9,25H2,1-2H3,(H2,26,33)(H,27,28)(H,29,34)(H,30,35)(H,31,36)(H,37,38). The first-order valence-electron chi connectivity index (χ1n) is 11.8. The Kier molecular flexibility index (Phi) is 10.8. The van der Waals surface area contributed by atoms with E-state index in [2.05, 4.69) is 25.9 Å². The minimum atomic E-state index is -1.46. The summed E-state index contributed by atoms with van der Waals surface area (Å²) in [5.74, 6) is -4.98. The molecule has 0 aliphatic rings. The van der Waals surface area contributed by atoms with Gasteiger partial charge in [0.15, 0.2) is 0 Å². The third kappa shape index (κ3) is 9.20. The number of carboxylic acids is 1. The summed E-state index contributed by atoms with van der Waals surface area (Å²) < 4.78 is 0. The number of hydrogen-bond acceptors (Lipinski definition) is 8. The average molecular weight is 532 g/mol. The second kappa shape index (κ2) is 13.7. The van der Waals surface area contributed by atoms with Crippen LogP contribution in [0.3, 0.4) is 0 Å². The minimum absolute atomic E-state index is 0.0433. The van der Waals surface area contributed by atoms with E-state index < -0.39 is 66.1 Å². The molecule has 1 aromatic heterocycles. The van der Waals surface area contributed by atoms with Crippen molar-refractivity contribution in [1.29, 1.82) is 0 Å². The first-order chi connectivity index (χ1) is 17.9. The van der Waals surface area contributed by atoms with Crippen molar-refractivity contribution in [3.63, 3.8) is 0 Å². The molecule has 0 aliphatic carbocycles. The summed E-state index contributed by atoms with van der Waals surface area (Å²) in [7, 11) is 0. The van der Waals surface area contributed by atoms with Gasteiger partial charge in [0, 0.05) is 18.3 Å². The van der Waals surface area contributed by atoms with Gasteiger partial charge in [0.1, 0.15) is 23.9 Å². The molecular formula is C24H33N7O7. The molecule has 4 atom stereocenters. The number of aromatic nitrogens is 2. The summed E-state index contributed by atoms with van der Waals surface area (Å²) in [4.78, 5) is 68.7. The zero-order chi connectivity index (χ0) is 28.4. The molecule has 2 aromatic rings. The monoisotopic (exact) mass is 531 g/mol. The van der Waals surface area contributed by atoms with Gasteiger partial charge in [-0.3, -0.25) is 19.2 Å². The molecule has 1 heterocycles. The van der Waals surface area contributed by atoms with Gasteiger partial charge < -0.3 is 42.6 Å². The summed E-state index contributed by atoms with van der Waals surface area (Å²) in [6.45, 7) is 3.22. The summed E-state index contributed by atoms with van der Waals surface area (Å²) >= 11 is 0. The number of nitrogens with one attached hydrogen (secondary N) is 4. The SMILES string of the molecule is CC(C)C(NC(=O)C(Cc1cnc[nH]1)NC(=O)C(CC(N)=O)NC(=O)C(N)Cc1ccc(O)cc1)C(=O)O. The topological polar surface area (TPSA) is 243 Å². The fourth-order valence-corrected chi connectivity index (χ4v) is 3.53. The molecule has 14 heteroatoms. The number of nitrogens with zero attached hydrogens (tertiary/aromatic N) is 1. The molecule has 4 unspecified atom stereocenters. The second-order valence-corrected chi connectivity index (χ2v) is 9.12. The average Bonchev–Trinajstić information content (AvgIpc) is 3.35. The maximum atomic E-state index is 13.1. The summed E-state index contributed by atoms with van der Waals surface area (Å²) in [6, 6.07) is 0.971. The van der Waals surface area contributed by atoms with Crippen molar-refractivity contribution >= 4 is 29.6 Å². The molecule has 0 saturated carbocycles. The molecule has 0 aliphatic heterocycles. The number of imidazole rings is 1. The van der Waals surface area contributed by atoms with E-state index in [9.17, 15) is 34.2 Å². The van der Waals surface area contributed by atoms with E-state index in [0.717, 1.165) is 0 Å². The van der Waals surface area contributed by atoms with E-state index in [0.29, 0.717) is 11.3 Å². The third-order valence-electron chi connectivity index (χ3n) is 5.61. The van der Waals surface area contributed by atoms with E-state index in [-0.39, 0.29) is 18.6 Å². The van der Waals surface area contributed by atoms with Gasteiger partial charge in [-0.2, -0.15) is 0 Å². The predicted molar refractivity (Wildman–Crippen MR) is 134 cm³/mol. The summed E-state index contributed by atoms with van der Waals surface area (Å²) in [6.07, 6.45) is 2.21. The Bertz CT molecular complexity index is 1120. The number of hydrogen-bond donors (Lipinski definition) is 8. The maximum absolute atomic E-state index is 13.1. The van der Waals surface area contributed by atoms with Gasteiger partial charge in [0.05, 0.1) is 18.8 Å². The van der Waals surface area contributed by atoms with Crippen molar-refractivity contribution in [3.05, 3.63) is 48.0 Å². The molecule has 0 spiro atoms. The van der Waals surface area contributed by atoms with Crippen molar-refractivity contribution in [2.75, 3.05) is 0 Å². The van der Waals surface area contributed by atoms with Crippen LogP contribution in [0.5, 0.6) is 5.75 Å². The quantitative estimate of drug-likeness (QED) is 0.138. The number of aromatic amines is 1. The molecule has 14 nitrogen and oxygen atoms in total. The second-order valence-electron chi connectivity index (χ2n) is 9.12. The lowest BCUT2D eigenvalue weighted by Gasteiger charge is -2.25. The van der Waals surface area contributed by atoms with Crippen LogP contribution in [0.25, 0.3) is 0 Å². The highest BCUT2D eigenvalue weighted by Gasteiger charge is 2.32. The normalized spacial score (nSPS) is 14.1. The number of rotatable bonds is 14. The van der Waals surface area contributed by atoms with Crippen molar-refractivity contribution in [1.82, 2.24) is 25.9 Å². The molecule has 38 heavy (non-hydrogen) atoms. The van der Waals surface area contributed by atoms with E-state index in [1.807, 2.05) is 0 Å². The number of phenols is 1. The maximum Gasteiger partial charge on any atom is 0.326 e. The number of primary amides is 1. The van der Waals surface area contributed by atoms with Crippen LogP contribution >= 0.6 is 0 Å². The number of phenolic OH excluding ortho intramolecular Hbond substituents is 1. The molecule has 10 N–H and O–H groups in total. The van der Waals surface area contributed by atoms with Gasteiger partial charge in [-0.25, -0.2) is 9.78 Å². The van der Waals surface area contributed by atoms with Crippen LogP contribution in [-0.2, 0) is 36.8 Å². The minimum Gasteiger partial charge on any atom is -0.508 e. The third-order valence-corrected chi connectivity index (χ3v) is 5.61. The summed E-state index contributed by atoms with van der Waals surface area (Å²) in [5, 5.41) is 26.1. The van der Waals surface area contributed by atoms with Crippen LogP contribution in [0.4, 0.5) is 0 Å². The molecule has 2 rings (SSSR count). The van der Waals surface area contributed by atoms with Gasteiger partial charge in [-0.05, 0) is 30.0 Å². The van der Waals surface area contributed by atoms with Crippen molar-refractivity contribution in [2.45, 2.75) is 57.3 Å². The number of amides is 4. The Balaban J connectivity index is 2.17. The summed E-state index contributed by atoms with van der Waals surface area (Å²) in [5.41, 5.74) is 12.3. The number of carboxylic acid groups (broad SMARTS) is 1. The Labute approximate surface area is 218 Å². The van der Waals surface area contributed by atoms with Crippen molar-refractivity contribution in [3.8, 4) is 5.75 Å². The largest absolute Gasteiger partial charge is 0.508 e. The van der Waals surface area contributed by atoms with Crippen molar-refractivity contribution in [2.24, 2.45) is 17.4 Å². The lowest BCUT2D eigenvalue weighted by molar-refractivity contribution is -0.143. The Morgan fingerprint density at radius 3 is 2.08 bits per heavy atom. The number of carbonyl (C=O) groups is 5. The molecule has 1 aromatic carbocycles. The van der Waals surface area contributed by atoms with Gasteiger partial charge in [-0.1, -0.05) is 26.0 Å². The lowest BCUT2D eigenvalue weighted by Crippen LogP contribution is -2.58. The first kappa shape index (κ1) is 29.8. The van der Waals surface area contributed by atoms with Crippen LogP contribution in [0, 0.1) is 5.92 Å². The smallest absolute Gasteiger partial charge is 0.326 e. The Morgan fingerprint density at radius 1 is 0.947 bits per heavy atom. The molecular weight excluding hydrogens is 498 g/mol. The van der Waals surface area contributed by atoms with Crippen LogP contribution in [-0.4, -0.2) is 73.9 Å². The number of aromatic hydroxyl groups is 1. The Hall–Kier alpha value is -4.46. The van der Waals surface area contributed by atoms with E-state index in [1.54, 1.807) is 26.0 Å². The highest BCUT2D eigenvalue weighted by Crippen LogP contribution is 2.11. The van der Waals surface area contributed by atoms with Crippen LogP contribution in [0.15, 0.2) is 36.8 Å². The van der Waals surface area contributed by atoms with Crippen molar-refractivity contribution < 1.29 is 34.2 Å². The van der Waals surface area contributed by atoms with Crippen LogP contribution in [0.2, 0.25) is 0 Å². The van der Waals surface area contributed by atoms with E-state index in [4.69, 9.17) is 11.5 Å². The Morgan fingerprint density at radius 2 is 1.55 bits per heavy atom. The molecule has 0 fully saturated rings. The number of aliphatic carboxylic acids is 1. The fraction of sp³-hybridized carbons (Fsp3) is 0.417. The number of nitrogens with two attached hydrogens (primary N) is 2. The number of benzene rings is 1. The molecule has 0 bridgehead atoms. The van der Waals surface area contributed by atoms with Crippen LogP contribution in [0.1, 0.15) is 31.5 Å². The molecule has 0 saturated heterocycles.